The van der Waals surface area contributed by atoms with Crippen LogP contribution in [0.5, 0.6) is 0 Å². The molecule has 1 aliphatic carbocycles. The predicted octanol–water partition coefficient (Wildman–Crippen LogP) is 1.25. The van der Waals surface area contributed by atoms with E-state index in [2.05, 4.69) is 14.9 Å². The fourth-order valence-electron chi connectivity index (χ4n) is 3.95. The second-order valence-electron chi connectivity index (χ2n) is 7.51. The number of aromatic nitrogens is 4. The van der Waals surface area contributed by atoms with Crippen molar-refractivity contribution < 1.29 is 5.11 Å². The van der Waals surface area contributed by atoms with E-state index in [0.717, 1.165) is 43.3 Å². The van der Waals surface area contributed by atoms with E-state index >= 15 is 0 Å². The molecule has 0 spiro atoms. The van der Waals surface area contributed by atoms with Gasteiger partial charge in [0.1, 0.15) is 5.82 Å². The summed E-state index contributed by atoms with van der Waals surface area (Å²) in [6.07, 6.45) is 9.94. The molecule has 1 N–H and O–H groups in total. The van der Waals surface area contributed by atoms with Crippen LogP contribution in [0.4, 0.5) is 11.8 Å². The van der Waals surface area contributed by atoms with Crippen LogP contribution in [0.15, 0.2) is 18.6 Å². The van der Waals surface area contributed by atoms with Crippen LogP contribution >= 0.6 is 0 Å². The first kappa shape index (κ1) is 17.1. The third kappa shape index (κ3) is 3.35. The van der Waals surface area contributed by atoms with Gasteiger partial charge in [0.15, 0.2) is 0 Å². The van der Waals surface area contributed by atoms with Gasteiger partial charge in [0.05, 0.1) is 17.5 Å². The van der Waals surface area contributed by atoms with Crippen LogP contribution in [0.2, 0.25) is 0 Å². The van der Waals surface area contributed by atoms with Gasteiger partial charge in [-0.05, 0) is 32.1 Å². The van der Waals surface area contributed by atoms with Gasteiger partial charge in [0.25, 0.3) is 0 Å². The molecule has 7 heteroatoms. The van der Waals surface area contributed by atoms with E-state index in [0.29, 0.717) is 6.54 Å². The molecule has 4 rings (SSSR count). The minimum Gasteiger partial charge on any atom is -0.391 e. The fraction of sp³-hybridized carbons (Fsp3) is 0.579. The highest BCUT2D eigenvalue weighted by molar-refractivity contribution is 5.55. The molecule has 1 fully saturated rings. The van der Waals surface area contributed by atoms with Gasteiger partial charge in [0.2, 0.25) is 5.95 Å². The summed E-state index contributed by atoms with van der Waals surface area (Å²) in [6, 6.07) is 0. The third-order valence-corrected chi connectivity index (χ3v) is 5.34. The van der Waals surface area contributed by atoms with Gasteiger partial charge in [-0.3, -0.25) is 9.97 Å². The number of fused-ring (bicyclic) bond motifs is 1. The molecule has 2 aromatic rings. The molecule has 7 nitrogen and oxygen atoms in total. The number of nitrogens with zero attached hydrogens (tertiary/aromatic N) is 6. The fourth-order valence-corrected chi connectivity index (χ4v) is 3.95. The van der Waals surface area contributed by atoms with Crippen LogP contribution in [0.25, 0.3) is 0 Å². The summed E-state index contributed by atoms with van der Waals surface area (Å²) in [4.78, 5) is 22.3. The normalized spacial score (nSPS) is 22.3. The molecule has 2 atom stereocenters. The molecular weight excluding hydrogens is 328 g/mol. The van der Waals surface area contributed by atoms with E-state index in [1.54, 1.807) is 18.6 Å². The van der Waals surface area contributed by atoms with E-state index < -0.39 is 0 Å². The Morgan fingerprint density at radius 1 is 1.15 bits per heavy atom. The number of aliphatic hydroxyl groups excluding tert-OH is 1. The van der Waals surface area contributed by atoms with Gasteiger partial charge >= 0.3 is 0 Å². The van der Waals surface area contributed by atoms with Crippen molar-refractivity contribution in [3.8, 4) is 0 Å². The molecular formula is C19H26N6O. The number of aliphatic hydroxyl groups is 1. The van der Waals surface area contributed by atoms with Crippen LogP contribution in [0, 0.1) is 5.92 Å². The van der Waals surface area contributed by atoms with Crippen molar-refractivity contribution in [1.29, 1.82) is 0 Å². The summed E-state index contributed by atoms with van der Waals surface area (Å²) >= 11 is 0. The summed E-state index contributed by atoms with van der Waals surface area (Å²) in [7, 11) is 3.95. The third-order valence-electron chi connectivity index (χ3n) is 5.34. The number of hydrogen-bond acceptors (Lipinski definition) is 7. The maximum absolute atomic E-state index is 10.6. The molecule has 1 saturated heterocycles. The number of anilines is 2. The lowest BCUT2D eigenvalue weighted by Crippen LogP contribution is -2.27. The first-order chi connectivity index (χ1) is 12.6. The molecule has 3 heterocycles. The quantitative estimate of drug-likeness (QED) is 0.885. The number of hydrogen-bond donors (Lipinski definition) is 1. The highest BCUT2D eigenvalue weighted by Gasteiger charge is 2.34. The lowest BCUT2D eigenvalue weighted by molar-refractivity contribution is 0.147. The molecule has 0 bridgehead atoms. The van der Waals surface area contributed by atoms with E-state index in [-0.39, 0.29) is 12.0 Å². The van der Waals surface area contributed by atoms with Crippen molar-refractivity contribution in [1.82, 2.24) is 19.9 Å². The van der Waals surface area contributed by atoms with Crippen LogP contribution in [-0.2, 0) is 19.3 Å². The second kappa shape index (κ2) is 7.15. The Kier molecular flexibility index (Phi) is 4.72. The van der Waals surface area contributed by atoms with Crippen LogP contribution in [0.1, 0.15) is 29.8 Å². The Morgan fingerprint density at radius 2 is 2.00 bits per heavy atom. The highest BCUT2D eigenvalue weighted by atomic mass is 16.3. The van der Waals surface area contributed by atoms with E-state index in [4.69, 9.17) is 9.97 Å². The second-order valence-corrected chi connectivity index (χ2v) is 7.51. The van der Waals surface area contributed by atoms with Crippen molar-refractivity contribution >= 4 is 11.8 Å². The van der Waals surface area contributed by atoms with E-state index in [1.165, 1.54) is 24.1 Å². The van der Waals surface area contributed by atoms with Crippen molar-refractivity contribution in [2.45, 2.75) is 38.2 Å². The molecule has 1 aliphatic heterocycles. The summed E-state index contributed by atoms with van der Waals surface area (Å²) in [5, 5.41) is 10.6. The van der Waals surface area contributed by atoms with Gasteiger partial charge in [-0.1, -0.05) is 0 Å². The molecule has 26 heavy (non-hydrogen) atoms. The van der Waals surface area contributed by atoms with Gasteiger partial charge < -0.3 is 14.9 Å². The van der Waals surface area contributed by atoms with Gasteiger partial charge in [0, 0.05) is 57.3 Å². The Hall–Kier alpha value is -2.28. The van der Waals surface area contributed by atoms with Crippen LogP contribution in [0.3, 0.4) is 0 Å². The maximum atomic E-state index is 10.6. The van der Waals surface area contributed by atoms with Crippen molar-refractivity contribution in [2.24, 2.45) is 5.92 Å². The Balaban J connectivity index is 1.60. The zero-order valence-electron chi connectivity index (χ0n) is 15.5. The SMILES string of the molecule is CN(C)c1nc2c(c(N3C[C@@H](Cc4cnccn4)[C@H](O)C3)n1)CCCC2. The summed E-state index contributed by atoms with van der Waals surface area (Å²) < 4.78 is 0. The number of aryl methyl sites for hydroxylation is 1. The number of β-amino-alcohol motifs (C(OH)–C–C–N with tert-alkyl or cyclic N) is 1. The van der Waals surface area contributed by atoms with Crippen LogP contribution < -0.4 is 9.80 Å². The zero-order valence-corrected chi connectivity index (χ0v) is 15.5. The summed E-state index contributed by atoms with van der Waals surface area (Å²) in [5.74, 6) is 1.91. The molecule has 2 aliphatic rings. The average Bonchev–Trinajstić information content (AvgIpc) is 3.02. The smallest absolute Gasteiger partial charge is 0.227 e. The Bertz CT molecular complexity index is 766. The predicted molar refractivity (Wildman–Crippen MR) is 100 cm³/mol. The largest absolute Gasteiger partial charge is 0.391 e. The molecule has 0 unspecified atom stereocenters. The summed E-state index contributed by atoms with van der Waals surface area (Å²) in [6.45, 7) is 1.40. The lowest BCUT2D eigenvalue weighted by Gasteiger charge is -2.26. The first-order valence-corrected chi connectivity index (χ1v) is 9.37. The maximum Gasteiger partial charge on any atom is 0.227 e. The Morgan fingerprint density at radius 3 is 2.77 bits per heavy atom. The van der Waals surface area contributed by atoms with E-state index in [9.17, 15) is 5.11 Å². The Labute approximate surface area is 154 Å². The molecule has 0 aromatic carbocycles. The van der Waals surface area contributed by atoms with Crippen molar-refractivity contribution in [3.05, 3.63) is 35.5 Å². The average molecular weight is 354 g/mol. The standard InChI is InChI=1S/C19H26N6O/c1-24(2)19-22-16-6-4-3-5-15(16)18(23-19)25-11-13(17(26)12-25)9-14-10-20-7-8-21-14/h7-8,10,13,17,26H,3-6,9,11-12H2,1-2H3/t13-,17-/m1/s1. The molecule has 0 saturated carbocycles. The van der Waals surface area contributed by atoms with Crippen molar-refractivity contribution in [3.63, 3.8) is 0 Å². The monoisotopic (exact) mass is 354 g/mol. The molecule has 0 amide bonds. The minimum atomic E-state index is -0.381. The topological polar surface area (TPSA) is 78.3 Å². The summed E-state index contributed by atoms with van der Waals surface area (Å²) in [5.41, 5.74) is 3.38. The van der Waals surface area contributed by atoms with Crippen molar-refractivity contribution in [2.75, 3.05) is 37.0 Å². The van der Waals surface area contributed by atoms with E-state index in [1.807, 2.05) is 19.0 Å². The van der Waals surface area contributed by atoms with Crippen LogP contribution in [-0.4, -0.2) is 58.3 Å². The van der Waals surface area contributed by atoms with Gasteiger partial charge in [-0.25, -0.2) is 4.98 Å². The highest BCUT2D eigenvalue weighted by Crippen LogP contribution is 2.33. The lowest BCUT2D eigenvalue weighted by atomic mass is 9.96. The first-order valence-electron chi connectivity index (χ1n) is 9.37. The number of rotatable bonds is 4. The van der Waals surface area contributed by atoms with Gasteiger partial charge in [-0.15, -0.1) is 0 Å². The zero-order chi connectivity index (χ0) is 18.1. The van der Waals surface area contributed by atoms with Gasteiger partial charge in [-0.2, -0.15) is 4.98 Å². The molecule has 0 radical (unpaired) electrons. The molecule has 2 aromatic heterocycles. The minimum absolute atomic E-state index is 0.142. The molecule has 138 valence electrons.